The zero-order valence-corrected chi connectivity index (χ0v) is 12.5. The number of rotatable bonds is 10. The second kappa shape index (κ2) is 7.73. The normalized spacial score (nSPS) is 16.8. The fourth-order valence-corrected chi connectivity index (χ4v) is 2.53. The molecule has 114 valence electrons. The van der Waals surface area contributed by atoms with E-state index in [9.17, 15) is 0 Å². The summed E-state index contributed by atoms with van der Waals surface area (Å²) >= 11 is 0. The number of nitrogens with zero attached hydrogens (tertiary/aromatic N) is 3. The van der Waals surface area contributed by atoms with Gasteiger partial charge in [-0.15, -0.1) is 0 Å². The van der Waals surface area contributed by atoms with Crippen molar-refractivity contribution < 1.29 is 9.47 Å². The van der Waals surface area contributed by atoms with Gasteiger partial charge in [0.25, 0.3) is 0 Å². The molecule has 1 aliphatic carbocycles. The van der Waals surface area contributed by atoms with E-state index in [0.29, 0.717) is 25.8 Å². The average molecular weight is 282 g/mol. The Morgan fingerprint density at radius 3 is 2.50 bits per heavy atom. The summed E-state index contributed by atoms with van der Waals surface area (Å²) in [6.07, 6.45) is 6.37. The second-order valence-electron chi connectivity index (χ2n) is 5.23. The van der Waals surface area contributed by atoms with Crippen molar-refractivity contribution in [1.82, 2.24) is 14.5 Å². The van der Waals surface area contributed by atoms with Crippen LogP contribution in [-0.4, -0.2) is 61.5 Å². The molecular weight excluding hydrogens is 256 g/mol. The Hall–Kier alpha value is -0.950. The van der Waals surface area contributed by atoms with E-state index in [0.717, 1.165) is 13.1 Å². The summed E-state index contributed by atoms with van der Waals surface area (Å²) in [6, 6.07) is 0.789. The maximum atomic E-state index is 6.03. The van der Waals surface area contributed by atoms with Gasteiger partial charge in [0.1, 0.15) is 0 Å². The Morgan fingerprint density at radius 2 is 2.00 bits per heavy atom. The highest BCUT2D eigenvalue weighted by Crippen LogP contribution is 2.37. The van der Waals surface area contributed by atoms with Crippen LogP contribution in [0.3, 0.4) is 0 Å². The predicted molar refractivity (Wildman–Crippen MR) is 77.6 cm³/mol. The number of imidazole rings is 1. The first-order valence-corrected chi connectivity index (χ1v) is 7.25. The third kappa shape index (κ3) is 3.79. The standard InChI is InChI=1S/C14H26N4O2/c1-19-7-5-17(6-8-20-2)13(9-15)14-10-16-11-18(14)12-3-4-12/h10-13H,3-9,15H2,1-2H3. The third-order valence-corrected chi connectivity index (χ3v) is 3.81. The SMILES string of the molecule is COCCN(CCOC)C(CN)c1cncn1C1CC1. The summed E-state index contributed by atoms with van der Waals surface area (Å²) in [7, 11) is 3.45. The molecule has 1 aromatic rings. The summed E-state index contributed by atoms with van der Waals surface area (Å²) in [5.74, 6) is 0. The lowest BCUT2D eigenvalue weighted by Crippen LogP contribution is -2.39. The Labute approximate surface area is 120 Å². The molecule has 6 nitrogen and oxygen atoms in total. The Kier molecular flexibility index (Phi) is 5.97. The zero-order valence-electron chi connectivity index (χ0n) is 12.5. The molecule has 1 unspecified atom stereocenters. The van der Waals surface area contributed by atoms with Gasteiger partial charge in [-0.3, -0.25) is 4.90 Å². The van der Waals surface area contributed by atoms with Crippen LogP contribution in [0.5, 0.6) is 0 Å². The average Bonchev–Trinajstić information content (AvgIpc) is 3.21. The van der Waals surface area contributed by atoms with Crippen molar-refractivity contribution in [2.45, 2.75) is 24.9 Å². The highest BCUT2D eigenvalue weighted by Gasteiger charge is 2.29. The second-order valence-corrected chi connectivity index (χ2v) is 5.23. The molecule has 0 saturated heterocycles. The number of aromatic nitrogens is 2. The Balaban J connectivity index is 2.10. The summed E-state index contributed by atoms with van der Waals surface area (Å²) in [6.45, 7) is 3.65. The van der Waals surface area contributed by atoms with Gasteiger partial charge in [-0.1, -0.05) is 0 Å². The third-order valence-electron chi connectivity index (χ3n) is 3.81. The van der Waals surface area contributed by atoms with E-state index in [2.05, 4.69) is 14.5 Å². The monoisotopic (exact) mass is 282 g/mol. The van der Waals surface area contributed by atoms with Crippen molar-refractivity contribution in [3.63, 3.8) is 0 Å². The Bertz CT molecular complexity index is 384. The predicted octanol–water partition coefficient (Wildman–Crippen LogP) is 0.813. The fourth-order valence-electron chi connectivity index (χ4n) is 2.53. The number of ether oxygens (including phenoxy) is 2. The molecule has 20 heavy (non-hydrogen) atoms. The van der Waals surface area contributed by atoms with E-state index in [1.807, 2.05) is 12.5 Å². The van der Waals surface area contributed by atoms with Gasteiger partial charge in [0, 0.05) is 46.1 Å². The van der Waals surface area contributed by atoms with Gasteiger partial charge >= 0.3 is 0 Å². The minimum Gasteiger partial charge on any atom is -0.383 e. The van der Waals surface area contributed by atoms with E-state index in [1.165, 1.54) is 18.5 Å². The summed E-state index contributed by atoms with van der Waals surface area (Å²) < 4.78 is 12.7. The summed E-state index contributed by atoms with van der Waals surface area (Å²) in [5, 5.41) is 0. The van der Waals surface area contributed by atoms with Crippen LogP contribution in [0.4, 0.5) is 0 Å². The maximum Gasteiger partial charge on any atom is 0.0951 e. The molecule has 0 radical (unpaired) electrons. The Morgan fingerprint density at radius 1 is 1.35 bits per heavy atom. The molecule has 1 aromatic heterocycles. The van der Waals surface area contributed by atoms with Crippen molar-refractivity contribution in [1.29, 1.82) is 0 Å². The summed E-state index contributed by atoms with van der Waals surface area (Å²) in [5.41, 5.74) is 7.24. The van der Waals surface area contributed by atoms with Crippen LogP contribution < -0.4 is 5.73 Å². The van der Waals surface area contributed by atoms with Crippen LogP contribution >= 0.6 is 0 Å². The maximum absolute atomic E-state index is 6.03. The fraction of sp³-hybridized carbons (Fsp3) is 0.786. The first-order chi connectivity index (χ1) is 9.81. The number of hydrogen-bond acceptors (Lipinski definition) is 5. The van der Waals surface area contributed by atoms with Crippen molar-refractivity contribution in [2.75, 3.05) is 47.1 Å². The van der Waals surface area contributed by atoms with Crippen molar-refractivity contribution in [3.05, 3.63) is 18.2 Å². The molecule has 2 N–H and O–H groups in total. The number of methoxy groups -OCH3 is 2. The van der Waals surface area contributed by atoms with Gasteiger partial charge in [0.05, 0.1) is 31.3 Å². The molecule has 1 saturated carbocycles. The van der Waals surface area contributed by atoms with E-state index in [4.69, 9.17) is 15.2 Å². The minimum atomic E-state index is 0.170. The lowest BCUT2D eigenvalue weighted by molar-refractivity contribution is 0.0868. The molecule has 0 spiro atoms. The highest BCUT2D eigenvalue weighted by atomic mass is 16.5. The van der Waals surface area contributed by atoms with Gasteiger partial charge in [-0.2, -0.15) is 0 Å². The molecule has 0 amide bonds. The van der Waals surface area contributed by atoms with Crippen LogP contribution in [-0.2, 0) is 9.47 Å². The molecule has 1 aliphatic rings. The van der Waals surface area contributed by atoms with E-state index in [-0.39, 0.29) is 6.04 Å². The zero-order chi connectivity index (χ0) is 14.4. The van der Waals surface area contributed by atoms with Gasteiger partial charge in [0.2, 0.25) is 0 Å². The molecule has 1 atom stereocenters. The molecule has 0 aliphatic heterocycles. The quantitative estimate of drug-likeness (QED) is 0.688. The molecule has 0 aromatic carbocycles. The van der Waals surface area contributed by atoms with Crippen LogP contribution in [0, 0.1) is 0 Å². The van der Waals surface area contributed by atoms with Gasteiger partial charge < -0.3 is 19.8 Å². The van der Waals surface area contributed by atoms with Gasteiger partial charge in [-0.05, 0) is 12.8 Å². The first-order valence-electron chi connectivity index (χ1n) is 7.25. The topological polar surface area (TPSA) is 65.5 Å². The van der Waals surface area contributed by atoms with Crippen LogP contribution in [0.2, 0.25) is 0 Å². The number of hydrogen-bond donors (Lipinski definition) is 1. The number of nitrogens with two attached hydrogens (primary N) is 1. The molecule has 6 heteroatoms. The van der Waals surface area contributed by atoms with Gasteiger partial charge in [0.15, 0.2) is 0 Å². The van der Waals surface area contributed by atoms with E-state index >= 15 is 0 Å². The molecule has 1 fully saturated rings. The minimum absolute atomic E-state index is 0.170. The molecular formula is C14H26N4O2. The largest absolute Gasteiger partial charge is 0.383 e. The smallest absolute Gasteiger partial charge is 0.0951 e. The van der Waals surface area contributed by atoms with E-state index in [1.54, 1.807) is 14.2 Å². The van der Waals surface area contributed by atoms with Crippen molar-refractivity contribution >= 4 is 0 Å². The lowest BCUT2D eigenvalue weighted by Gasteiger charge is -2.31. The molecule has 2 rings (SSSR count). The first kappa shape index (κ1) is 15.4. The van der Waals surface area contributed by atoms with Crippen LogP contribution in [0.1, 0.15) is 30.6 Å². The van der Waals surface area contributed by atoms with E-state index < -0.39 is 0 Å². The highest BCUT2D eigenvalue weighted by molar-refractivity contribution is 5.10. The van der Waals surface area contributed by atoms with Gasteiger partial charge in [-0.25, -0.2) is 4.98 Å². The molecule has 1 heterocycles. The molecule has 0 bridgehead atoms. The van der Waals surface area contributed by atoms with Crippen LogP contribution in [0.25, 0.3) is 0 Å². The van der Waals surface area contributed by atoms with Crippen LogP contribution in [0.15, 0.2) is 12.5 Å². The van der Waals surface area contributed by atoms with Crippen molar-refractivity contribution in [2.24, 2.45) is 5.73 Å². The summed E-state index contributed by atoms with van der Waals surface area (Å²) in [4.78, 5) is 6.64. The lowest BCUT2D eigenvalue weighted by atomic mass is 10.1. The van der Waals surface area contributed by atoms with Crippen molar-refractivity contribution in [3.8, 4) is 0 Å².